The minimum Gasteiger partial charge on any atom is -0.207 e. The quantitative estimate of drug-likeness (QED) is 0.940. The topological polar surface area (TPSA) is 46.2 Å². The largest absolute Gasteiger partial charge is 0.241 e. The van der Waals surface area contributed by atoms with Crippen molar-refractivity contribution in [1.82, 2.24) is 4.72 Å². The van der Waals surface area contributed by atoms with E-state index >= 15 is 0 Å². The molecule has 21 heavy (non-hydrogen) atoms. The first-order chi connectivity index (χ1) is 9.79. The second-order valence-electron chi connectivity index (χ2n) is 5.16. The summed E-state index contributed by atoms with van der Waals surface area (Å²) in [5.74, 6) is -0.344. The van der Waals surface area contributed by atoms with Gasteiger partial charge in [-0.2, -0.15) is 0 Å². The second kappa shape index (κ2) is 5.95. The molecule has 2 rings (SSSR count). The number of nitrogens with one attached hydrogen (secondary N) is 1. The molecule has 0 spiro atoms. The van der Waals surface area contributed by atoms with Crippen molar-refractivity contribution >= 4 is 10.0 Å². The molecule has 112 valence electrons. The van der Waals surface area contributed by atoms with Gasteiger partial charge in [-0.1, -0.05) is 29.8 Å². The van der Waals surface area contributed by atoms with Crippen molar-refractivity contribution < 1.29 is 12.8 Å². The number of halogens is 1. The Kier molecular flexibility index (Phi) is 4.44. The highest BCUT2D eigenvalue weighted by atomic mass is 32.2. The number of hydrogen-bond donors (Lipinski definition) is 1. The maximum Gasteiger partial charge on any atom is 0.241 e. The summed E-state index contributed by atoms with van der Waals surface area (Å²) in [6.07, 6.45) is 0. The standard InChI is InChI=1S/C16H18FNO2S/c1-11-4-9-16(12(2)10-11)21(19,20)18-13(3)14-5-7-15(17)8-6-14/h4-10,13,18H,1-3H3/t13-/m0/s1. The average molecular weight is 307 g/mol. The number of sulfonamides is 1. The molecule has 1 atom stereocenters. The van der Waals surface area contributed by atoms with Crippen molar-refractivity contribution in [3.05, 3.63) is 65.0 Å². The van der Waals surface area contributed by atoms with Gasteiger partial charge in [0, 0.05) is 6.04 Å². The third kappa shape index (κ3) is 3.68. The molecule has 2 aromatic carbocycles. The Morgan fingerprint density at radius 3 is 2.24 bits per heavy atom. The molecular formula is C16H18FNO2S. The van der Waals surface area contributed by atoms with Crippen LogP contribution in [0.25, 0.3) is 0 Å². The Morgan fingerprint density at radius 2 is 1.67 bits per heavy atom. The molecule has 0 saturated carbocycles. The maximum absolute atomic E-state index is 12.9. The monoisotopic (exact) mass is 307 g/mol. The summed E-state index contributed by atoms with van der Waals surface area (Å²) in [5, 5.41) is 0. The first-order valence-corrected chi connectivity index (χ1v) is 8.13. The molecule has 1 N–H and O–H groups in total. The third-order valence-electron chi connectivity index (χ3n) is 3.32. The molecule has 0 radical (unpaired) electrons. The van der Waals surface area contributed by atoms with E-state index in [2.05, 4.69) is 4.72 Å². The first-order valence-electron chi connectivity index (χ1n) is 6.64. The van der Waals surface area contributed by atoms with E-state index in [0.29, 0.717) is 11.1 Å². The smallest absolute Gasteiger partial charge is 0.207 e. The number of aryl methyl sites for hydroxylation is 2. The predicted octanol–water partition coefficient (Wildman–Crippen LogP) is 3.48. The van der Waals surface area contributed by atoms with Gasteiger partial charge in [-0.05, 0) is 50.1 Å². The van der Waals surface area contributed by atoms with Crippen LogP contribution in [0, 0.1) is 19.7 Å². The first kappa shape index (κ1) is 15.7. The molecule has 0 bridgehead atoms. The Morgan fingerprint density at radius 1 is 1.05 bits per heavy atom. The molecule has 0 aliphatic heterocycles. The molecule has 2 aromatic rings. The summed E-state index contributed by atoms with van der Waals surface area (Å²) in [4.78, 5) is 0.266. The van der Waals surface area contributed by atoms with E-state index in [9.17, 15) is 12.8 Å². The van der Waals surface area contributed by atoms with Crippen LogP contribution in [-0.4, -0.2) is 8.42 Å². The van der Waals surface area contributed by atoms with E-state index in [1.54, 1.807) is 38.1 Å². The fourth-order valence-corrected chi connectivity index (χ4v) is 3.68. The number of rotatable bonds is 4. The average Bonchev–Trinajstić information content (AvgIpc) is 2.38. The van der Waals surface area contributed by atoms with Crippen LogP contribution in [0.3, 0.4) is 0 Å². The molecule has 0 saturated heterocycles. The van der Waals surface area contributed by atoms with Crippen LogP contribution in [0.5, 0.6) is 0 Å². The maximum atomic E-state index is 12.9. The fraction of sp³-hybridized carbons (Fsp3) is 0.250. The third-order valence-corrected chi connectivity index (χ3v) is 5.02. The van der Waals surface area contributed by atoms with Crippen LogP contribution < -0.4 is 4.72 Å². The molecule has 0 aromatic heterocycles. The second-order valence-corrected chi connectivity index (χ2v) is 6.85. The zero-order valence-electron chi connectivity index (χ0n) is 12.2. The lowest BCUT2D eigenvalue weighted by Gasteiger charge is -2.16. The summed E-state index contributed by atoms with van der Waals surface area (Å²) in [6, 6.07) is 10.5. The van der Waals surface area contributed by atoms with Crippen LogP contribution in [0.15, 0.2) is 47.4 Å². The Hall–Kier alpha value is -1.72. The van der Waals surface area contributed by atoms with Crippen LogP contribution >= 0.6 is 0 Å². The van der Waals surface area contributed by atoms with Crippen LogP contribution in [0.4, 0.5) is 4.39 Å². The minimum absolute atomic E-state index is 0.266. The minimum atomic E-state index is -3.61. The van der Waals surface area contributed by atoms with Crippen molar-refractivity contribution in [2.24, 2.45) is 0 Å². The van der Waals surface area contributed by atoms with Gasteiger partial charge < -0.3 is 0 Å². The zero-order chi connectivity index (χ0) is 15.6. The summed E-state index contributed by atoms with van der Waals surface area (Å²) in [6.45, 7) is 5.41. The van der Waals surface area contributed by atoms with Gasteiger partial charge in [0.1, 0.15) is 5.82 Å². The molecular weight excluding hydrogens is 289 g/mol. The normalized spacial score (nSPS) is 13.1. The van der Waals surface area contributed by atoms with Gasteiger partial charge in [0.25, 0.3) is 0 Å². The summed E-state index contributed by atoms with van der Waals surface area (Å²) >= 11 is 0. The fourth-order valence-electron chi connectivity index (χ4n) is 2.22. The molecule has 0 aliphatic carbocycles. The van der Waals surface area contributed by atoms with Gasteiger partial charge in [0.05, 0.1) is 4.90 Å². The lowest BCUT2D eigenvalue weighted by Crippen LogP contribution is -2.27. The van der Waals surface area contributed by atoms with E-state index in [1.807, 2.05) is 13.0 Å². The Bertz CT molecular complexity index is 739. The van der Waals surface area contributed by atoms with Gasteiger partial charge in [-0.15, -0.1) is 0 Å². The van der Waals surface area contributed by atoms with Crippen molar-refractivity contribution in [3.8, 4) is 0 Å². The lowest BCUT2D eigenvalue weighted by atomic mass is 10.1. The van der Waals surface area contributed by atoms with Gasteiger partial charge in [0.2, 0.25) is 10.0 Å². The Labute approximate surface area is 124 Å². The van der Waals surface area contributed by atoms with Gasteiger partial charge in [-0.3, -0.25) is 0 Å². The van der Waals surface area contributed by atoms with Gasteiger partial charge >= 0.3 is 0 Å². The van der Waals surface area contributed by atoms with E-state index in [0.717, 1.165) is 5.56 Å². The SMILES string of the molecule is Cc1ccc(S(=O)(=O)N[C@@H](C)c2ccc(F)cc2)c(C)c1. The van der Waals surface area contributed by atoms with Gasteiger partial charge in [-0.25, -0.2) is 17.5 Å². The van der Waals surface area contributed by atoms with Crippen molar-refractivity contribution in [1.29, 1.82) is 0 Å². The molecule has 0 heterocycles. The highest BCUT2D eigenvalue weighted by Crippen LogP contribution is 2.20. The van der Waals surface area contributed by atoms with Crippen LogP contribution in [0.1, 0.15) is 29.7 Å². The van der Waals surface area contributed by atoms with E-state index in [4.69, 9.17) is 0 Å². The summed E-state index contributed by atoms with van der Waals surface area (Å²) in [5.41, 5.74) is 2.43. The highest BCUT2D eigenvalue weighted by molar-refractivity contribution is 7.89. The van der Waals surface area contributed by atoms with Crippen molar-refractivity contribution in [2.45, 2.75) is 31.7 Å². The predicted molar refractivity (Wildman–Crippen MR) is 81.1 cm³/mol. The Balaban J connectivity index is 2.26. The van der Waals surface area contributed by atoms with Crippen molar-refractivity contribution in [3.63, 3.8) is 0 Å². The molecule has 5 heteroatoms. The van der Waals surface area contributed by atoms with Crippen LogP contribution in [-0.2, 0) is 10.0 Å². The number of hydrogen-bond acceptors (Lipinski definition) is 2. The van der Waals surface area contributed by atoms with Gasteiger partial charge in [0.15, 0.2) is 0 Å². The van der Waals surface area contributed by atoms with E-state index in [1.165, 1.54) is 12.1 Å². The van der Waals surface area contributed by atoms with E-state index in [-0.39, 0.29) is 10.7 Å². The van der Waals surface area contributed by atoms with Crippen molar-refractivity contribution in [2.75, 3.05) is 0 Å². The number of benzene rings is 2. The van der Waals surface area contributed by atoms with Crippen LogP contribution in [0.2, 0.25) is 0 Å². The lowest BCUT2D eigenvalue weighted by molar-refractivity contribution is 0.566. The summed E-state index contributed by atoms with van der Waals surface area (Å²) < 4.78 is 40.4. The molecule has 0 amide bonds. The van der Waals surface area contributed by atoms with E-state index < -0.39 is 16.1 Å². The molecule has 0 unspecified atom stereocenters. The zero-order valence-corrected chi connectivity index (χ0v) is 13.0. The molecule has 3 nitrogen and oxygen atoms in total. The molecule has 0 aliphatic rings. The molecule has 0 fully saturated rings. The summed E-state index contributed by atoms with van der Waals surface area (Å²) in [7, 11) is -3.61. The highest BCUT2D eigenvalue weighted by Gasteiger charge is 2.20.